The van der Waals surface area contributed by atoms with Gasteiger partial charge in [0.25, 0.3) is 0 Å². The number of nitrogens with one attached hydrogen (secondary N) is 1. The minimum atomic E-state index is -0.464. The first-order chi connectivity index (χ1) is 16.4. The summed E-state index contributed by atoms with van der Waals surface area (Å²) < 4.78 is 0. The lowest BCUT2D eigenvalue weighted by Crippen LogP contribution is -2.37. The van der Waals surface area contributed by atoms with Crippen molar-refractivity contribution >= 4 is 28.8 Å². The van der Waals surface area contributed by atoms with Gasteiger partial charge in [-0.15, -0.1) is 0 Å². The fourth-order valence-corrected chi connectivity index (χ4v) is 5.17. The van der Waals surface area contributed by atoms with Crippen molar-refractivity contribution in [1.82, 2.24) is 0 Å². The van der Waals surface area contributed by atoms with E-state index in [2.05, 4.69) is 34.5 Å². The van der Waals surface area contributed by atoms with Crippen LogP contribution in [0.3, 0.4) is 0 Å². The number of carbonyl (C=O) groups excluding carboxylic acids is 2. The molecule has 0 aromatic heterocycles. The highest BCUT2D eigenvalue weighted by molar-refractivity contribution is 6.06. The highest BCUT2D eigenvalue weighted by Gasteiger charge is 2.40. The molecule has 2 atom stereocenters. The second-order valence-corrected chi connectivity index (χ2v) is 9.25. The summed E-state index contributed by atoms with van der Waals surface area (Å²) in [5.41, 5.74) is 6.46. The van der Waals surface area contributed by atoms with Gasteiger partial charge in [-0.05, 0) is 47.7 Å². The first-order valence-corrected chi connectivity index (χ1v) is 11.7. The lowest BCUT2D eigenvalue weighted by molar-refractivity contribution is -0.117. The number of nitrogens with zero attached hydrogens (tertiary/aromatic N) is 2. The van der Waals surface area contributed by atoms with Gasteiger partial charge in [-0.1, -0.05) is 54.6 Å². The molecular weight excluding hydrogens is 422 g/mol. The van der Waals surface area contributed by atoms with Crippen LogP contribution in [0.15, 0.2) is 90.1 Å². The average Bonchev–Trinajstić information content (AvgIpc) is 2.99. The molecule has 0 spiro atoms. The topological polar surface area (TPSA) is 52.7 Å². The Bertz CT molecular complexity index is 1260. The number of benzene rings is 3. The first-order valence-electron chi connectivity index (χ1n) is 11.7. The van der Waals surface area contributed by atoms with E-state index in [0.717, 1.165) is 33.9 Å². The van der Waals surface area contributed by atoms with E-state index in [1.807, 2.05) is 68.7 Å². The number of para-hydroxylation sites is 2. The Morgan fingerprint density at radius 3 is 2.24 bits per heavy atom. The first kappa shape index (κ1) is 22.0. The van der Waals surface area contributed by atoms with Gasteiger partial charge >= 0.3 is 0 Å². The van der Waals surface area contributed by atoms with E-state index in [1.54, 1.807) is 11.8 Å². The quantitative estimate of drug-likeness (QED) is 0.557. The van der Waals surface area contributed by atoms with Crippen molar-refractivity contribution in [3.05, 3.63) is 101 Å². The normalized spacial score (nSPS) is 19.6. The molecule has 5 nitrogen and oxygen atoms in total. The van der Waals surface area contributed by atoms with E-state index in [0.29, 0.717) is 18.4 Å². The van der Waals surface area contributed by atoms with E-state index in [1.165, 1.54) is 0 Å². The summed E-state index contributed by atoms with van der Waals surface area (Å²) in [4.78, 5) is 30.6. The SMILES string of the molecule is CC(=O)N1c2ccccc2NC2=C(C(=O)C[C@@H](c3ccc(N(C)C)cc3)C2)[C@@H]1c1ccccc1. The Kier molecular flexibility index (Phi) is 5.70. The van der Waals surface area contributed by atoms with Gasteiger partial charge < -0.3 is 10.2 Å². The molecule has 1 amide bonds. The molecule has 5 heteroatoms. The van der Waals surface area contributed by atoms with Gasteiger partial charge in [-0.3, -0.25) is 14.5 Å². The standard InChI is InChI=1S/C29H29N3O2/c1-19(33)32-26-12-8-7-11-24(26)30-25-17-22(20-13-15-23(16-14-20)31(2)3)18-27(34)28(25)29(32)21-9-5-4-6-10-21/h4-16,22,29-30H,17-18H2,1-3H3/t22-,29-/m0/s1. The molecule has 0 unspecified atom stereocenters. The third-order valence-corrected chi connectivity index (χ3v) is 6.82. The number of fused-ring (bicyclic) bond motifs is 1. The van der Waals surface area contributed by atoms with Crippen LogP contribution in [0.4, 0.5) is 17.1 Å². The summed E-state index contributed by atoms with van der Waals surface area (Å²) in [6, 6.07) is 25.7. The minimum absolute atomic E-state index is 0.0856. The molecule has 172 valence electrons. The zero-order valence-corrected chi connectivity index (χ0v) is 19.8. The summed E-state index contributed by atoms with van der Waals surface area (Å²) in [7, 11) is 4.04. The number of hydrogen-bond donors (Lipinski definition) is 1. The van der Waals surface area contributed by atoms with Crippen molar-refractivity contribution in [2.24, 2.45) is 0 Å². The van der Waals surface area contributed by atoms with Crippen LogP contribution in [0, 0.1) is 0 Å². The number of amides is 1. The van der Waals surface area contributed by atoms with Crippen molar-refractivity contribution in [2.45, 2.75) is 31.7 Å². The minimum Gasteiger partial charge on any atom is -0.378 e. The van der Waals surface area contributed by atoms with Gasteiger partial charge in [0.2, 0.25) is 5.91 Å². The highest BCUT2D eigenvalue weighted by atomic mass is 16.2. The lowest BCUT2D eigenvalue weighted by atomic mass is 9.78. The molecule has 1 aliphatic heterocycles. The number of allylic oxidation sites excluding steroid dienone is 1. The molecule has 1 aliphatic carbocycles. The van der Waals surface area contributed by atoms with Crippen LogP contribution in [0.1, 0.15) is 42.9 Å². The molecular formula is C29H29N3O2. The summed E-state index contributed by atoms with van der Waals surface area (Å²) >= 11 is 0. The van der Waals surface area contributed by atoms with Crippen molar-refractivity contribution in [1.29, 1.82) is 0 Å². The number of carbonyl (C=O) groups is 2. The Morgan fingerprint density at radius 1 is 0.882 bits per heavy atom. The van der Waals surface area contributed by atoms with Gasteiger partial charge in [-0.2, -0.15) is 0 Å². The molecule has 1 heterocycles. The van der Waals surface area contributed by atoms with Crippen molar-refractivity contribution in [3.8, 4) is 0 Å². The summed E-state index contributed by atoms with van der Waals surface area (Å²) in [5, 5.41) is 3.56. The summed E-state index contributed by atoms with van der Waals surface area (Å²) in [6.45, 7) is 1.57. The van der Waals surface area contributed by atoms with Crippen LogP contribution in [-0.4, -0.2) is 25.8 Å². The van der Waals surface area contributed by atoms with Gasteiger partial charge in [0.05, 0.1) is 17.4 Å². The van der Waals surface area contributed by atoms with Gasteiger partial charge in [-0.25, -0.2) is 0 Å². The molecule has 0 saturated heterocycles. The van der Waals surface area contributed by atoms with Gasteiger partial charge in [0.15, 0.2) is 5.78 Å². The smallest absolute Gasteiger partial charge is 0.224 e. The highest BCUT2D eigenvalue weighted by Crippen LogP contribution is 2.47. The average molecular weight is 452 g/mol. The van der Waals surface area contributed by atoms with Crippen LogP contribution in [0.5, 0.6) is 0 Å². The summed E-state index contributed by atoms with van der Waals surface area (Å²) in [5.74, 6) is 0.0804. The van der Waals surface area contributed by atoms with E-state index in [9.17, 15) is 9.59 Å². The maximum atomic E-state index is 13.8. The molecule has 3 aromatic carbocycles. The van der Waals surface area contributed by atoms with Gasteiger partial charge in [0, 0.05) is 44.4 Å². The van der Waals surface area contributed by atoms with Crippen LogP contribution >= 0.6 is 0 Å². The van der Waals surface area contributed by atoms with Crippen LogP contribution in [0.2, 0.25) is 0 Å². The molecule has 0 saturated carbocycles. The third-order valence-electron chi connectivity index (χ3n) is 6.82. The molecule has 3 aromatic rings. The number of Topliss-reactive ketones (excluding diaryl/α,β-unsaturated/α-hetero) is 1. The van der Waals surface area contributed by atoms with Crippen molar-refractivity contribution < 1.29 is 9.59 Å². The second-order valence-electron chi connectivity index (χ2n) is 9.25. The zero-order valence-electron chi connectivity index (χ0n) is 19.8. The monoisotopic (exact) mass is 451 g/mol. The maximum absolute atomic E-state index is 13.8. The zero-order chi connectivity index (χ0) is 23.8. The van der Waals surface area contributed by atoms with Crippen molar-refractivity contribution in [2.75, 3.05) is 29.2 Å². The third kappa shape index (κ3) is 3.87. The summed E-state index contributed by atoms with van der Waals surface area (Å²) in [6.07, 6.45) is 1.14. The van der Waals surface area contributed by atoms with E-state index in [4.69, 9.17) is 0 Å². The fraction of sp³-hybridized carbons (Fsp3) is 0.241. The van der Waals surface area contributed by atoms with Gasteiger partial charge in [0.1, 0.15) is 0 Å². The largest absolute Gasteiger partial charge is 0.378 e. The molecule has 34 heavy (non-hydrogen) atoms. The molecule has 1 N–H and O–H groups in total. The number of hydrogen-bond acceptors (Lipinski definition) is 4. The molecule has 0 bridgehead atoms. The second kappa shape index (κ2) is 8.82. The predicted molar refractivity (Wildman–Crippen MR) is 137 cm³/mol. The number of anilines is 3. The molecule has 0 fully saturated rings. The lowest BCUT2D eigenvalue weighted by Gasteiger charge is -2.34. The fourth-order valence-electron chi connectivity index (χ4n) is 5.17. The Morgan fingerprint density at radius 2 is 1.56 bits per heavy atom. The van der Waals surface area contributed by atoms with E-state index in [-0.39, 0.29) is 17.6 Å². The van der Waals surface area contributed by atoms with Crippen LogP contribution < -0.4 is 15.1 Å². The Labute approximate surface area is 200 Å². The van der Waals surface area contributed by atoms with Crippen LogP contribution in [-0.2, 0) is 9.59 Å². The van der Waals surface area contributed by atoms with E-state index < -0.39 is 6.04 Å². The molecule has 5 rings (SSSR count). The Hall–Kier alpha value is -3.86. The predicted octanol–water partition coefficient (Wildman–Crippen LogP) is 5.67. The number of ketones is 1. The molecule has 2 aliphatic rings. The maximum Gasteiger partial charge on any atom is 0.224 e. The Balaban J connectivity index is 1.64. The number of rotatable bonds is 3. The van der Waals surface area contributed by atoms with Crippen LogP contribution in [0.25, 0.3) is 0 Å². The van der Waals surface area contributed by atoms with E-state index >= 15 is 0 Å². The molecule has 0 radical (unpaired) electrons. The van der Waals surface area contributed by atoms with Crippen molar-refractivity contribution in [3.63, 3.8) is 0 Å².